The van der Waals surface area contributed by atoms with E-state index < -0.39 is 5.54 Å². The van der Waals surface area contributed by atoms with Crippen LogP contribution in [0.4, 0.5) is 4.79 Å². The summed E-state index contributed by atoms with van der Waals surface area (Å²) < 4.78 is 1.21. The topological polar surface area (TPSA) is 56.8 Å². The van der Waals surface area contributed by atoms with E-state index in [2.05, 4.69) is 43.0 Å². The number of carbonyl (C=O) groups is 2. The maximum atomic E-state index is 13.7. The SMILES string of the molecule is CC(C)CN1C(=O)N(CCc2ccccc2)C2(CCN(Cc3nc4ccccc4s3)CC2)C1=O. The lowest BCUT2D eigenvalue weighted by Crippen LogP contribution is -2.56. The van der Waals surface area contributed by atoms with E-state index in [4.69, 9.17) is 4.98 Å². The molecule has 178 valence electrons. The van der Waals surface area contributed by atoms with E-state index in [0.717, 1.165) is 36.6 Å². The van der Waals surface area contributed by atoms with Crippen LogP contribution in [0.3, 0.4) is 0 Å². The molecule has 2 aromatic carbocycles. The summed E-state index contributed by atoms with van der Waals surface area (Å²) in [5, 5.41) is 1.10. The molecule has 0 N–H and O–H groups in total. The first-order valence-electron chi connectivity index (χ1n) is 12.2. The van der Waals surface area contributed by atoms with Crippen molar-refractivity contribution in [3.63, 3.8) is 0 Å². The third-order valence-corrected chi connectivity index (χ3v) is 8.04. The fourth-order valence-electron chi connectivity index (χ4n) is 5.25. The van der Waals surface area contributed by atoms with Crippen molar-refractivity contribution in [1.29, 1.82) is 0 Å². The third-order valence-electron chi connectivity index (χ3n) is 7.02. The molecule has 2 saturated heterocycles. The van der Waals surface area contributed by atoms with Crippen LogP contribution in [-0.2, 0) is 17.8 Å². The molecule has 0 bridgehead atoms. The van der Waals surface area contributed by atoms with E-state index in [1.165, 1.54) is 15.2 Å². The number of aromatic nitrogens is 1. The van der Waals surface area contributed by atoms with Gasteiger partial charge in [-0.25, -0.2) is 9.78 Å². The average Bonchev–Trinajstić information content (AvgIpc) is 3.32. The Balaban J connectivity index is 1.32. The average molecular weight is 477 g/mol. The lowest BCUT2D eigenvalue weighted by Gasteiger charge is -2.42. The first-order valence-corrected chi connectivity index (χ1v) is 13.0. The number of piperidine rings is 1. The number of hydrogen-bond acceptors (Lipinski definition) is 5. The molecule has 5 rings (SSSR count). The van der Waals surface area contributed by atoms with Gasteiger partial charge in [-0.2, -0.15) is 0 Å². The van der Waals surface area contributed by atoms with Crippen LogP contribution in [0.25, 0.3) is 10.2 Å². The zero-order chi connectivity index (χ0) is 23.7. The number of carbonyl (C=O) groups excluding carboxylic acids is 2. The molecule has 0 saturated carbocycles. The van der Waals surface area contributed by atoms with Crippen LogP contribution in [0.5, 0.6) is 0 Å². The number of imide groups is 1. The molecule has 0 atom stereocenters. The highest BCUT2D eigenvalue weighted by molar-refractivity contribution is 7.18. The Hall–Kier alpha value is -2.77. The molecule has 1 aromatic heterocycles. The molecule has 3 amide bonds. The van der Waals surface area contributed by atoms with E-state index in [1.807, 2.05) is 35.2 Å². The van der Waals surface area contributed by atoms with E-state index in [1.54, 1.807) is 11.3 Å². The van der Waals surface area contributed by atoms with Crippen LogP contribution in [-0.4, -0.2) is 63.3 Å². The summed E-state index contributed by atoms with van der Waals surface area (Å²) in [5.41, 5.74) is 1.52. The first-order chi connectivity index (χ1) is 16.5. The van der Waals surface area contributed by atoms with Gasteiger partial charge in [0.05, 0.1) is 16.8 Å². The summed E-state index contributed by atoms with van der Waals surface area (Å²) in [6.45, 7) is 7.52. The number of nitrogens with zero attached hydrogens (tertiary/aromatic N) is 4. The van der Waals surface area contributed by atoms with Crippen LogP contribution < -0.4 is 0 Å². The summed E-state index contributed by atoms with van der Waals surface area (Å²) >= 11 is 1.74. The molecule has 0 radical (unpaired) electrons. The van der Waals surface area contributed by atoms with Crippen LogP contribution >= 0.6 is 11.3 Å². The summed E-state index contributed by atoms with van der Waals surface area (Å²) in [5.74, 6) is 0.247. The highest BCUT2D eigenvalue weighted by Gasteiger charge is 2.57. The quantitative estimate of drug-likeness (QED) is 0.460. The molecular formula is C27H32N4O2S. The standard InChI is InChI=1S/C27H32N4O2S/c1-20(2)18-30-25(32)27(31(26(30)33)15-12-21-8-4-3-5-9-21)13-16-29(17-14-27)19-24-28-22-10-6-7-11-23(22)34-24/h3-11,20H,12-19H2,1-2H3. The van der Waals surface area contributed by atoms with Gasteiger partial charge in [0.25, 0.3) is 5.91 Å². The largest absolute Gasteiger partial charge is 0.327 e. The van der Waals surface area contributed by atoms with Crippen LogP contribution in [0.1, 0.15) is 37.3 Å². The lowest BCUT2D eigenvalue weighted by atomic mass is 9.85. The fraction of sp³-hybridized carbons (Fsp3) is 0.444. The summed E-state index contributed by atoms with van der Waals surface area (Å²) in [6, 6.07) is 18.3. The first kappa shape index (κ1) is 23.0. The van der Waals surface area contributed by atoms with Crippen molar-refractivity contribution in [2.24, 2.45) is 5.92 Å². The smallest absolute Gasteiger partial charge is 0.309 e. The Kier molecular flexibility index (Phi) is 6.40. The van der Waals surface area contributed by atoms with Crippen molar-refractivity contribution < 1.29 is 9.59 Å². The number of amides is 3. The minimum Gasteiger partial charge on any atom is -0.309 e. The Morgan fingerprint density at radius 1 is 1.00 bits per heavy atom. The predicted molar refractivity (Wildman–Crippen MR) is 136 cm³/mol. The van der Waals surface area contributed by atoms with Crippen molar-refractivity contribution >= 4 is 33.5 Å². The number of hydrogen-bond donors (Lipinski definition) is 0. The number of likely N-dealkylation sites (tertiary alicyclic amines) is 1. The molecule has 0 unspecified atom stereocenters. The van der Waals surface area contributed by atoms with Gasteiger partial charge in [-0.1, -0.05) is 56.3 Å². The second-order valence-corrected chi connectivity index (χ2v) is 11.0. The Bertz CT molecular complexity index is 1130. The van der Waals surface area contributed by atoms with Gasteiger partial charge in [0, 0.05) is 26.2 Å². The van der Waals surface area contributed by atoms with Crippen molar-refractivity contribution in [3.8, 4) is 0 Å². The molecule has 3 heterocycles. The summed E-state index contributed by atoms with van der Waals surface area (Å²) in [4.78, 5) is 37.7. The Morgan fingerprint density at radius 3 is 2.41 bits per heavy atom. The lowest BCUT2D eigenvalue weighted by molar-refractivity contribution is -0.136. The van der Waals surface area contributed by atoms with Crippen LogP contribution in [0.15, 0.2) is 54.6 Å². The molecule has 2 aliphatic heterocycles. The fourth-order valence-corrected chi connectivity index (χ4v) is 6.26. The third kappa shape index (κ3) is 4.34. The van der Waals surface area contributed by atoms with Crippen molar-refractivity contribution in [1.82, 2.24) is 19.7 Å². The van der Waals surface area contributed by atoms with Crippen molar-refractivity contribution in [2.45, 2.75) is 45.2 Å². The number of benzene rings is 2. The molecule has 0 aliphatic carbocycles. The Morgan fingerprint density at radius 2 is 1.71 bits per heavy atom. The van der Waals surface area contributed by atoms with Gasteiger partial charge in [0.15, 0.2) is 0 Å². The minimum atomic E-state index is -0.717. The number of urea groups is 1. The molecular weight excluding hydrogens is 444 g/mol. The predicted octanol–water partition coefficient (Wildman–Crippen LogP) is 4.79. The van der Waals surface area contributed by atoms with Crippen LogP contribution in [0, 0.1) is 5.92 Å². The monoisotopic (exact) mass is 476 g/mol. The molecule has 3 aromatic rings. The highest BCUT2D eigenvalue weighted by Crippen LogP contribution is 2.38. The van der Waals surface area contributed by atoms with Gasteiger partial charge < -0.3 is 4.90 Å². The number of thiazole rings is 1. The normalized spacial score (nSPS) is 18.7. The number of rotatable bonds is 7. The van der Waals surface area contributed by atoms with Crippen molar-refractivity contribution in [3.05, 3.63) is 65.2 Å². The van der Waals surface area contributed by atoms with Gasteiger partial charge in [-0.3, -0.25) is 14.6 Å². The number of fused-ring (bicyclic) bond motifs is 1. The Labute approximate surface area is 205 Å². The molecule has 1 spiro atoms. The molecule has 2 aliphatic rings. The zero-order valence-corrected chi connectivity index (χ0v) is 20.8. The van der Waals surface area contributed by atoms with Gasteiger partial charge in [0.1, 0.15) is 10.5 Å². The second-order valence-electron chi connectivity index (χ2n) is 9.86. The minimum absolute atomic E-state index is 0.00102. The van der Waals surface area contributed by atoms with Crippen LogP contribution in [0.2, 0.25) is 0 Å². The van der Waals surface area contributed by atoms with Gasteiger partial charge in [-0.15, -0.1) is 11.3 Å². The molecule has 2 fully saturated rings. The van der Waals surface area contributed by atoms with Crippen molar-refractivity contribution in [2.75, 3.05) is 26.2 Å². The highest BCUT2D eigenvalue weighted by atomic mass is 32.1. The number of para-hydroxylation sites is 1. The van der Waals surface area contributed by atoms with E-state index in [9.17, 15) is 9.59 Å². The molecule has 34 heavy (non-hydrogen) atoms. The van der Waals surface area contributed by atoms with Gasteiger partial charge in [0.2, 0.25) is 0 Å². The van der Waals surface area contributed by atoms with Gasteiger partial charge >= 0.3 is 6.03 Å². The molecule has 6 nitrogen and oxygen atoms in total. The summed E-state index contributed by atoms with van der Waals surface area (Å²) in [6.07, 6.45) is 2.10. The summed E-state index contributed by atoms with van der Waals surface area (Å²) in [7, 11) is 0. The zero-order valence-electron chi connectivity index (χ0n) is 19.9. The second kappa shape index (κ2) is 9.47. The van der Waals surface area contributed by atoms with E-state index in [0.29, 0.717) is 25.9 Å². The van der Waals surface area contributed by atoms with Gasteiger partial charge in [-0.05, 0) is 42.9 Å². The maximum absolute atomic E-state index is 13.7. The van der Waals surface area contributed by atoms with E-state index >= 15 is 0 Å². The maximum Gasteiger partial charge on any atom is 0.327 e. The molecule has 7 heteroatoms. The van der Waals surface area contributed by atoms with E-state index in [-0.39, 0.29) is 17.9 Å².